The summed E-state index contributed by atoms with van der Waals surface area (Å²) in [4.78, 5) is 14.1. The molecule has 1 atom stereocenters. The van der Waals surface area contributed by atoms with E-state index < -0.39 is 0 Å². The van der Waals surface area contributed by atoms with Crippen LogP contribution >= 0.6 is 0 Å². The van der Waals surface area contributed by atoms with Gasteiger partial charge in [0.2, 0.25) is 5.91 Å². The molecule has 0 saturated carbocycles. The number of carbonyl (C=O) groups is 1. The van der Waals surface area contributed by atoms with Gasteiger partial charge in [-0.05, 0) is 37.9 Å². The number of carbonyl (C=O) groups excluding carboxylic acids is 1. The fourth-order valence-corrected chi connectivity index (χ4v) is 2.54. The lowest BCUT2D eigenvalue weighted by molar-refractivity contribution is -0.123. The van der Waals surface area contributed by atoms with Gasteiger partial charge in [0, 0.05) is 25.8 Å². The summed E-state index contributed by atoms with van der Waals surface area (Å²) in [5.41, 5.74) is 1.22. The number of amides is 1. The first-order valence-corrected chi connectivity index (χ1v) is 7.54. The number of piperidine rings is 1. The average molecular weight is 275 g/mol. The molecule has 4 nitrogen and oxygen atoms in total. The number of hydrogen-bond donors (Lipinski definition) is 2. The van der Waals surface area contributed by atoms with Crippen molar-refractivity contribution in [3.8, 4) is 0 Å². The quantitative estimate of drug-likeness (QED) is 0.778. The molecule has 1 saturated heterocycles. The molecule has 110 valence electrons. The van der Waals surface area contributed by atoms with Crippen molar-refractivity contribution in [3.63, 3.8) is 0 Å². The van der Waals surface area contributed by atoms with Crippen molar-refractivity contribution in [3.05, 3.63) is 30.3 Å². The number of anilines is 1. The molecule has 0 spiro atoms. The van der Waals surface area contributed by atoms with E-state index >= 15 is 0 Å². The highest BCUT2D eigenvalue weighted by molar-refractivity contribution is 5.81. The monoisotopic (exact) mass is 275 g/mol. The number of hydrogen-bond acceptors (Lipinski definition) is 3. The fraction of sp³-hybridized carbons (Fsp3) is 0.562. The standard InChI is InChI=1S/C16H25N3O/c1-19(14-8-3-2-4-9-14)13-7-12-18-16(20)15-10-5-6-11-17-15/h2-4,8-9,15,17H,5-7,10-13H2,1H3,(H,18,20). The van der Waals surface area contributed by atoms with Gasteiger partial charge in [-0.3, -0.25) is 4.79 Å². The van der Waals surface area contributed by atoms with Crippen LogP contribution in [-0.4, -0.2) is 38.6 Å². The van der Waals surface area contributed by atoms with Crippen LogP contribution in [0.3, 0.4) is 0 Å². The summed E-state index contributed by atoms with van der Waals surface area (Å²) in [6, 6.07) is 10.3. The van der Waals surface area contributed by atoms with Crippen LogP contribution in [0.1, 0.15) is 25.7 Å². The normalized spacial score (nSPS) is 18.6. The molecular formula is C16H25N3O. The molecule has 0 aliphatic carbocycles. The topological polar surface area (TPSA) is 44.4 Å². The van der Waals surface area contributed by atoms with Crippen LogP contribution in [0.2, 0.25) is 0 Å². The van der Waals surface area contributed by atoms with E-state index in [1.54, 1.807) is 0 Å². The van der Waals surface area contributed by atoms with E-state index in [1.807, 2.05) is 18.2 Å². The minimum Gasteiger partial charge on any atom is -0.375 e. The zero-order valence-corrected chi connectivity index (χ0v) is 12.3. The molecule has 1 aliphatic heterocycles. The fourth-order valence-electron chi connectivity index (χ4n) is 2.54. The summed E-state index contributed by atoms with van der Waals surface area (Å²) >= 11 is 0. The predicted octanol–water partition coefficient (Wildman–Crippen LogP) is 1.77. The van der Waals surface area contributed by atoms with Crippen LogP contribution in [0.25, 0.3) is 0 Å². The van der Waals surface area contributed by atoms with Crippen molar-refractivity contribution in [2.75, 3.05) is 31.6 Å². The third kappa shape index (κ3) is 4.53. The Morgan fingerprint density at radius 2 is 2.15 bits per heavy atom. The first-order chi connectivity index (χ1) is 9.77. The van der Waals surface area contributed by atoms with Gasteiger partial charge in [0.15, 0.2) is 0 Å². The summed E-state index contributed by atoms with van der Waals surface area (Å²) in [5.74, 6) is 0.159. The van der Waals surface area contributed by atoms with Gasteiger partial charge in [-0.25, -0.2) is 0 Å². The van der Waals surface area contributed by atoms with Crippen molar-refractivity contribution in [1.29, 1.82) is 0 Å². The SMILES string of the molecule is CN(CCCNC(=O)C1CCCCN1)c1ccccc1. The third-order valence-corrected chi connectivity index (χ3v) is 3.79. The second-order valence-corrected chi connectivity index (χ2v) is 5.40. The lowest BCUT2D eigenvalue weighted by Crippen LogP contribution is -2.47. The number of para-hydroxylation sites is 1. The Hall–Kier alpha value is -1.55. The van der Waals surface area contributed by atoms with Crippen molar-refractivity contribution < 1.29 is 4.79 Å². The molecule has 1 amide bonds. The molecule has 1 unspecified atom stereocenters. The maximum absolute atomic E-state index is 11.9. The van der Waals surface area contributed by atoms with Crippen LogP contribution in [-0.2, 0) is 4.79 Å². The molecule has 4 heteroatoms. The minimum absolute atomic E-state index is 0.0237. The molecule has 0 bridgehead atoms. The first-order valence-electron chi connectivity index (χ1n) is 7.54. The average Bonchev–Trinajstić information content (AvgIpc) is 2.53. The number of nitrogens with one attached hydrogen (secondary N) is 2. The smallest absolute Gasteiger partial charge is 0.237 e. The van der Waals surface area contributed by atoms with Crippen LogP contribution in [0.15, 0.2) is 30.3 Å². The van der Waals surface area contributed by atoms with Gasteiger partial charge in [0.25, 0.3) is 0 Å². The zero-order valence-electron chi connectivity index (χ0n) is 12.3. The van der Waals surface area contributed by atoms with Gasteiger partial charge in [-0.15, -0.1) is 0 Å². The van der Waals surface area contributed by atoms with Gasteiger partial charge in [0.05, 0.1) is 6.04 Å². The molecule has 1 fully saturated rings. The summed E-state index contributed by atoms with van der Waals surface area (Å²) < 4.78 is 0. The second-order valence-electron chi connectivity index (χ2n) is 5.40. The van der Waals surface area contributed by atoms with Gasteiger partial charge >= 0.3 is 0 Å². The van der Waals surface area contributed by atoms with E-state index in [9.17, 15) is 4.79 Å². The molecule has 1 aromatic carbocycles. The molecule has 1 heterocycles. The number of benzene rings is 1. The van der Waals surface area contributed by atoms with E-state index in [0.717, 1.165) is 38.9 Å². The van der Waals surface area contributed by atoms with E-state index in [4.69, 9.17) is 0 Å². The van der Waals surface area contributed by atoms with E-state index in [1.165, 1.54) is 12.1 Å². The third-order valence-electron chi connectivity index (χ3n) is 3.79. The molecule has 2 rings (SSSR count). The second kappa shape index (κ2) is 7.90. The maximum Gasteiger partial charge on any atom is 0.237 e. The molecule has 20 heavy (non-hydrogen) atoms. The highest BCUT2D eigenvalue weighted by Crippen LogP contribution is 2.11. The summed E-state index contributed by atoms with van der Waals surface area (Å²) in [7, 11) is 2.08. The van der Waals surface area contributed by atoms with E-state index in [0.29, 0.717) is 0 Å². The highest BCUT2D eigenvalue weighted by atomic mass is 16.2. The summed E-state index contributed by atoms with van der Waals surface area (Å²) in [5, 5.41) is 6.30. The lowest BCUT2D eigenvalue weighted by Gasteiger charge is -2.23. The van der Waals surface area contributed by atoms with Gasteiger partial charge in [-0.1, -0.05) is 24.6 Å². The highest BCUT2D eigenvalue weighted by Gasteiger charge is 2.19. The van der Waals surface area contributed by atoms with Crippen molar-refractivity contribution >= 4 is 11.6 Å². The maximum atomic E-state index is 11.9. The van der Waals surface area contributed by atoms with Gasteiger partial charge in [0.1, 0.15) is 0 Å². The Morgan fingerprint density at radius 1 is 1.35 bits per heavy atom. The zero-order chi connectivity index (χ0) is 14.2. The Labute approximate surface area is 121 Å². The Balaban J connectivity index is 1.62. The van der Waals surface area contributed by atoms with Crippen molar-refractivity contribution in [2.24, 2.45) is 0 Å². The summed E-state index contributed by atoms with van der Waals surface area (Å²) in [6.07, 6.45) is 4.27. The largest absolute Gasteiger partial charge is 0.375 e. The first kappa shape index (κ1) is 14.9. The van der Waals surface area contributed by atoms with Gasteiger partial charge in [-0.2, -0.15) is 0 Å². The molecule has 1 aromatic rings. The molecule has 2 N–H and O–H groups in total. The van der Waals surface area contributed by atoms with Crippen LogP contribution in [0.4, 0.5) is 5.69 Å². The Kier molecular flexibility index (Phi) is 5.87. The molecule has 1 aliphatic rings. The molecule has 0 aromatic heterocycles. The van der Waals surface area contributed by atoms with Crippen LogP contribution in [0.5, 0.6) is 0 Å². The van der Waals surface area contributed by atoms with E-state index in [2.05, 4.69) is 34.7 Å². The predicted molar refractivity (Wildman–Crippen MR) is 83.0 cm³/mol. The lowest BCUT2D eigenvalue weighted by atomic mass is 10.0. The Morgan fingerprint density at radius 3 is 2.85 bits per heavy atom. The Bertz CT molecular complexity index is 401. The number of nitrogens with zero attached hydrogens (tertiary/aromatic N) is 1. The van der Waals surface area contributed by atoms with Crippen LogP contribution in [0, 0.1) is 0 Å². The van der Waals surface area contributed by atoms with Gasteiger partial charge < -0.3 is 15.5 Å². The number of rotatable bonds is 6. The van der Waals surface area contributed by atoms with Crippen molar-refractivity contribution in [2.45, 2.75) is 31.7 Å². The minimum atomic E-state index is 0.0237. The molecule has 0 radical (unpaired) electrons. The van der Waals surface area contributed by atoms with E-state index in [-0.39, 0.29) is 11.9 Å². The molecular weight excluding hydrogens is 250 g/mol. The summed E-state index contributed by atoms with van der Waals surface area (Å²) in [6.45, 7) is 2.66. The van der Waals surface area contributed by atoms with Crippen LogP contribution < -0.4 is 15.5 Å². The van der Waals surface area contributed by atoms with Crippen molar-refractivity contribution in [1.82, 2.24) is 10.6 Å².